The minimum Gasteiger partial charge on any atom is -0.493 e. The van der Waals surface area contributed by atoms with E-state index in [0.717, 1.165) is 23.0 Å². The Morgan fingerprint density at radius 1 is 0.870 bits per heavy atom. The van der Waals surface area contributed by atoms with E-state index in [9.17, 15) is 0 Å². The minimum absolute atomic E-state index is 0.675. The topological polar surface area (TPSA) is 44.2 Å². The summed E-state index contributed by atoms with van der Waals surface area (Å²) in [6.45, 7) is 4.00. The third kappa shape index (κ3) is 3.77. The molecule has 0 amide bonds. The summed E-state index contributed by atoms with van der Waals surface area (Å²) in [4.78, 5) is 8.75. The summed E-state index contributed by atoms with van der Waals surface area (Å²) in [5, 5.41) is 0.985. The molecule has 0 N–H and O–H groups in total. The molecule has 120 valence electrons. The summed E-state index contributed by atoms with van der Waals surface area (Å²) < 4.78 is 10.7. The lowest BCUT2D eigenvalue weighted by molar-refractivity contribution is 0.355. The van der Waals surface area contributed by atoms with Crippen LogP contribution in [0.3, 0.4) is 0 Å². The summed E-state index contributed by atoms with van der Waals surface area (Å²) in [7, 11) is 3.25. The van der Waals surface area contributed by atoms with E-state index in [2.05, 4.69) is 22.1 Å². The first-order valence-corrected chi connectivity index (χ1v) is 7.71. The first-order valence-electron chi connectivity index (χ1n) is 7.71. The Morgan fingerprint density at radius 2 is 1.52 bits per heavy atom. The number of ether oxygens (including phenoxy) is 2. The van der Waals surface area contributed by atoms with Crippen molar-refractivity contribution in [2.45, 2.75) is 20.3 Å². The van der Waals surface area contributed by atoms with Gasteiger partial charge in [-0.05, 0) is 11.6 Å². The molecule has 1 heterocycles. The highest BCUT2D eigenvalue weighted by atomic mass is 16.5. The average molecular weight is 310 g/mol. The maximum absolute atomic E-state index is 5.37. The van der Waals surface area contributed by atoms with E-state index in [0.29, 0.717) is 11.5 Å². The Hall–Kier alpha value is -2.62. The van der Waals surface area contributed by atoms with Gasteiger partial charge >= 0.3 is 0 Å². The van der Waals surface area contributed by atoms with Crippen LogP contribution >= 0.6 is 0 Å². The Kier molecular flexibility index (Phi) is 5.92. The monoisotopic (exact) mass is 310 g/mol. The van der Waals surface area contributed by atoms with Crippen LogP contribution in [0.4, 0.5) is 0 Å². The van der Waals surface area contributed by atoms with Crippen molar-refractivity contribution in [3.8, 4) is 11.5 Å². The van der Waals surface area contributed by atoms with Crippen molar-refractivity contribution in [2.24, 2.45) is 0 Å². The van der Waals surface area contributed by atoms with Crippen LogP contribution < -0.4 is 9.47 Å². The molecule has 1 aromatic heterocycles. The van der Waals surface area contributed by atoms with Gasteiger partial charge in [-0.3, -0.25) is 0 Å². The van der Waals surface area contributed by atoms with Crippen LogP contribution in [0, 0.1) is 0 Å². The molecular formula is C19H22N2O2. The number of nitrogens with zero attached hydrogens (tertiary/aromatic N) is 2. The van der Waals surface area contributed by atoms with Crippen LogP contribution in [0.5, 0.6) is 11.5 Å². The maximum atomic E-state index is 5.37. The van der Waals surface area contributed by atoms with Gasteiger partial charge in [0.2, 0.25) is 0 Å². The highest BCUT2D eigenvalue weighted by Crippen LogP contribution is 2.32. The van der Waals surface area contributed by atoms with Crippen molar-refractivity contribution < 1.29 is 9.47 Å². The third-order valence-electron chi connectivity index (χ3n) is 3.44. The van der Waals surface area contributed by atoms with Gasteiger partial charge < -0.3 is 9.47 Å². The molecule has 0 radical (unpaired) electrons. The summed E-state index contributed by atoms with van der Waals surface area (Å²) in [5.41, 5.74) is 3.05. The molecular weight excluding hydrogens is 288 g/mol. The number of benzene rings is 2. The van der Waals surface area contributed by atoms with Gasteiger partial charge in [0.25, 0.3) is 0 Å². The number of hydrogen-bond donors (Lipinski definition) is 0. The Labute approximate surface area is 137 Å². The fraction of sp³-hybridized carbons (Fsp3) is 0.263. The molecule has 0 aliphatic carbocycles. The molecule has 0 fully saturated rings. The van der Waals surface area contributed by atoms with Gasteiger partial charge in [0.05, 0.1) is 25.4 Å². The Morgan fingerprint density at radius 3 is 2.17 bits per heavy atom. The predicted molar refractivity (Wildman–Crippen MR) is 93.2 cm³/mol. The van der Waals surface area contributed by atoms with Crippen molar-refractivity contribution in [1.82, 2.24) is 9.97 Å². The van der Waals surface area contributed by atoms with E-state index in [1.54, 1.807) is 20.5 Å². The molecule has 4 nitrogen and oxygen atoms in total. The molecule has 3 rings (SSSR count). The molecule has 0 aliphatic heterocycles. The van der Waals surface area contributed by atoms with Crippen LogP contribution in [0.2, 0.25) is 0 Å². The first kappa shape index (κ1) is 16.7. The van der Waals surface area contributed by atoms with Gasteiger partial charge in [-0.25, -0.2) is 9.97 Å². The molecule has 0 unspecified atom stereocenters. The number of hydrogen-bond acceptors (Lipinski definition) is 4. The second-order valence-electron chi connectivity index (χ2n) is 4.71. The lowest BCUT2D eigenvalue weighted by Crippen LogP contribution is -1.97. The molecule has 0 saturated carbocycles. The molecule has 0 spiro atoms. The second-order valence-corrected chi connectivity index (χ2v) is 4.71. The van der Waals surface area contributed by atoms with Gasteiger partial charge in [0.1, 0.15) is 6.33 Å². The summed E-state index contributed by atoms with van der Waals surface area (Å²) in [6.07, 6.45) is 2.35. The lowest BCUT2D eigenvalue weighted by Gasteiger charge is -2.11. The van der Waals surface area contributed by atoms with Gasteiger partial charge in [-0.1, -0.05) is 44.2 Å². The second kappa shape index (κ2) is 8.13. The largest absolute Gasteiger partial charge is 0.493 e. The Balaban J connectivity index is 0.000000924. The van der Waals surface area contributed by atoms with Crippen molar-refractivity contribution in [1.29, 1.82) is 0 Å². The molecule has 0 aliphatic rings. The summed E-state index contributed by atoms with van der Waals surface area (Å²) in [6, 6.07) is 14.1. The van der Waals surface area contributed by atoms with Gasteiger partial charge in [-0.2, -0.15) is 0 Å². The average Bonchev–Trinajstić information content (AvgIpc) is 2.63. The molecule has 3 aromatic rings. The van der Waals surface area contributed by atoms with Crippen LogP contribution in [-0.4, -0.2) is 24.2 Å². The minimum atomic E-state index is 0.675. The molecule has 23 heavy (non-hydrogen) atoms. The predicted octanol–water partition coefficient (Wildman–Crippen LogP) is 4.26. The zero-order valence-electron chi connectivity index (χ0n) is 14.0. The SMILES string of the molecule is CC.COc1cc2ncnc(Cc3ccccc3)c2cc1OC. The highest BCUT2D eigenvalue weighted by molar-refractivity contribution is 5.84. The van der Waals surface area contributed by atoms with Gasteiger partial charge in [0.15, 0.2) is 11.5 Å². The highest BCUT2D eigenvalue weighted by Gasteiger charge is 2.11. The van der Waals surface area contributed by atoms with Crippen LogP contribution in [0.25, 0.3) is 10.9 Å². The third-order valence-corrected chi connectivity index (χ3v) is 3.44. The van der Waals surface area contributed by atoms with E-state index in [-0.39, 0.29) is 0 Å². The quantitative estimate of drug-likeness (QED) is 0.722. The fourth-order valence-electron chi connectivity index (χ4n) is 2.37. The smallest absolute Gasteiger partial charge is 0.162 e. The number of methoxy groups -OCH3 is 2. The first-order chi connectivity index (χ1) is 11.3. The van der Waals surface area contributed by atoms with Crippen molar-refractivity contribution >= 4 is 10.9 Å². The Bertz CT molecular complexity index is 758. The van der Waals surface area contributed by atoms with E-state index >= 15 is 0 Å². The van der Waals surface area contributed by atoms with Crippen LogP contribution in [-0.2, 0) is 6.42 Å². The van der Waals surface area contributed by atoms with E-state index in [1.807, 2.05) is 44.2 Å². The fourth-order valence-corrected chi connectivity index (χ4v) is 2.37. The van der Waals surface area contributed by atoms with Crippen LogP contribution in [0.1, 0.15) is 25.1 Å². The van der Waals surface area contributed by atoms with E-state index in [4.69, 9.17) is 9.47 Å². The molecule has 0 saturated heterocycles. The zero-order valence-corrected chi connectivity index (χ0v) is 14.0. The van der Waals surface area contributed by atoms with Gasteiger partial charge in [-0.15, -0.1) is 0 Å². The standard InChI is InChI=1S/C17H16N2O2.C2H6/c1-20-16-9-13-14(8-12-6-4-3-5-7-12)18-11-19-15(13)10-17(16)21-2;1-2/h3-7,9-11H,8H2,1-2H3;1-2H3. The van der Waals surface area contributed by atoms with Crippen molar-refractivity contribution in [3.05, 3.63) is 60.0 Å². The zero-order chi connectivity index (χ0) is 16.7. The maximum Gasteiger partial charge on any atom is 0.162 e. The van der Waals surface area contributed by atoms with Crippen LogP contribution in [0.15, 0.2) is 48.8 Å². The van der Waals surface area contributed by atoms with E-state index in [1.165, 1.54) is 5.56 Å². The van der Waals surface area contributed by atoms with Crippen molar-refractivity contribution in [2.75, 3.05) is 14.2 Å². The lowest BCUT2D eigenvalue weighted by atomic mass is 10.1. The van der Waals surface area contributed by atoms with Gasteiger partial charge in [0, 0.05) is 17.9 Å². The molecule has 0 bridgehead atoms. The number of fused-ring (bicyclic) bond motifs is 1. The van der Waals surface area contributed by atoms with E-state index < -0.39 is 0 Å². The number of aromatic nitrogens is 2. The molecule has 4 heteroatoms. The summed E-state index contributed by atoms with van der Waals surface area (Å²) >= 11 is 0. The molecule has 0 atom stereocenters. The summed E-state index contributed by atoms with van der Waals surface area (Å²) in [5.74, 6) is 1.36. The molecule has 2 aromatic carbocycles. The van der Waals surface area contributed by atoms with Crippen molar-refractivity contribution in [3.63, 3.8) is 0 Å². The normalized spacial score (nSPS) is 9.91. The number of rotatable bonds is 4.